The summed E-state index contributed by atoms with van der Waals surface area (Å²) in [7, 11) is 0. The molecular formula is C13H4ClF7N4O2. The zero-order valence-corrected chi connectivity index (χ0v) is 13.1. The second-order valence-electron chi connectivity index (χ2n) is 5.16. The molecule has 0 amide bonds. The van der Waals surface area contributed by atoms with Crippen molar-refractivity contribution in [3.8, 4) is 5.69 Å². The molecule has 14 heteroatoms. The van der Waals surface area contributed by atoms with E-state index in [1.807, 2.05) is 0 Å². The van der Waals surface area contributed by atoms with E-state index >= 15 is 0 Å². The zero-order chi connectivity index (χ0) is 20.3. The summed E-state index contributed by atoms with van der Waals surface area (Å²) in [5.74, 6) is -3.04. The summed E-state index contributed by atoms with van der Waals surface area (Å²) in [4.78, 5) is 30.1. The molecule has 0 spiro atoms. The SMILES string of the molecule is O=c1cc(C(F)(F)F)[nH]c(=O)n1-c1c(F)cc(Cl)c2nc(C(F)(F)F)[nH]c12. The van der Waals surface area contributed by atoms with Crippen molar-refractivity contribution in [1.82, 2.24) is 19.5 Å². The molecule has 3 aromatic rings. The second kappa shape index (κ2) is 5.84. The summed E-state index contributed by atoms with van der Waals surface area (Å²) in [5.41, 5.74) is -7.54. The van der Waals surface area contributed by atoms with Crippen LogP contribution in [-0.4, -0.2) is 19.5 Å². The fourth-order valence-corrected chi connectivity index (χ4v) is 2.53. The highest BCUT2D eigenvalue weighted by Gasteiger charge is 2.37. The van der Waals surface area contributed by atoms with Crippen molar-refractivity contribution >= 4 is 22.6 Å². The van der Waals surface area contributed by atoms with Crippen molar-refractivity contribution in [1.29, 1.82) is 0 Å². The molecule has 1 aromatic carbocycles. The van der Waals surface area contributed by atoms with E-state index in [2.05, 4.69) is 4.98 Å². The summed E-state index contributed by atoms with van der Waals surface area (Å²) in [5, 5.41) is -0.575. The van der Waals surface area contributed by atoms with Crippen molar-refractivity contribution in [3.63, 3.8) is 0 Å². The first-order valence-electron chi connectivity index (χ1n) is 6.69. The minimum atomic E-state index is -5.08. The van der Waals surface area contributed by atoms with Gasteiger partial charge >= 0.3 is 18.0 Å². The van der Waals surface area contributed by atoms with E-state index in [4.69, 9.17) is 11.6 Å². The number of nitrogens with one attached hydrogen (secondary N) is 2. The number of hydrogen-bond acceptors (Lipinski definition) is 3. The van der Waals surface area contributed by atoms with Crippen molar-refractivity contribution in [2.45, 2.75) is 12.4 Å². The zero-order valence-electron chi connectivity index (χ0n) is 12.4. The Kier molecular flexibility index (Phi) is 4.10. The minimum absolute atomic E-state index is 0.0394. The highest BCUT2D eigenvalue weighted by Crippen LogP contribution is 2.34. The predicted molar refractivity (Wildman–Crippen MR) is 77.3 cm³/mol. The van der Waals surface area contributed by atoms with Gasteiger partial charge < -0.3 is 9.97 Å². The number of nitrogens with zero attached hydrogens (tertiary/aromatic N) is 2. The number of halogens is 8. The quantitative estimate of drug-likeness (QED) is 0.597. The minimum Gasteiger partial charge on any atom is -0.332 e. The predicted octanol–water partition coefficient (Wildman–Crippen LogP) is 3.23. The Hall–Kier alpha value is -2.83. The van der Waals surface area contributed by atoms with Gasteiger partial charge in [0.15, 0.2) is 5.82 Å². The van der Waals surface area contributed by atoms with Gasteiger partial charge in [0.1, 0.15) is 16.9 Å². The standard InChI is InChI=1S/C13H4ClF7N4O2/c14-3-1-4(15)9(8-7(3)23-10(24-8)13(19,20)21)25-6(26)2-5(12(16,17)18)22-11(25)27/h1-2H,(H,22,27)(H,23,24). The molecule has 3 rings (SSSR count). The van der Waals surface area contributed by atoms with Crippen LogP contribution in [0.5, 0.6) is 0 Å². The number of aromatic amines is 2. The van der Waals surface area contributed by atoms with E-state index in [9.17, 15) is 40.3 Å². The first-order chi connectivity index (χ1) is 12.3. The summed E-state index contributed by atoms with van der Waals surface area (Å²) < 4.78 is 90.7. The smallest absolute Gasteiger partial charge is 0.332 e. The third kappa shape index (κ3) is 3.18. The maximum Gasteiger partial charge on any atom is 0.449 e. The van der Waals surface area contributed by atoms with Crippen LogP contribution in [-0.2, 0) is 12.4 Å². The van der Waals surface area contributed by atoms with Crippen molar-refractivity contribution in [2.24, 2.45) is 0 Å². The van der Waals surface area contributed by atoms with Crippen molar-refractivity contribution in [3.05, 3.63) is 55.3 Å². The second-order valence-corrected chi connectivity index (χ2v) is 5.56. The summed E-state index contributed by atoms with van der Waals surface area (Å²) in [6, 6.07) is 0.437. The van der Waals surface area contributed by atoms with Crippen LogP contribution in [0, 0.1) is 5.82 Å². The molecule has 27 heavy (non-hydrogen) atoms. The van der Waals surface area contributed by atoms with Crippen LogP contribution in [0.15, 0.2) is 21.7 Å². The Labute approximate surface area is 147 Å². The Balaban J connectivity index is 2.41. The molecule has 0 saturated carbocycles. The van der Waals surface area contributed by atoms with Gasteiger partial charge in [-0.05, 0) is 6.07 Å². The number of hydrogen-bond donors (Lipinski definition) is 2. The van der Waals surface area contributed by atoms with E-state index in [0.717, 1.165) is 0 Å². The normalized spacial score (nSPS) is 12.7. The van der Waals surface area contributed by atoms with Crippen LogP contribution in [0.4, 0.5) is 30.7 Å². The lowest BCUT2D eigenvalue weighted by Crippen LogP contribution is -2.36. The Bertz CT molecular complexity index is 1140. The Morgan fingerprint density at radius 2 is 1.63 bits per heavy atom. The molecule has 6 nitrogen and oxygen atoms in total. The van der Waals surface area contributed by atoms with Crippen LogP contribution < -0.4 is 11.2 Å². The number of fused-ring (bicyclic) bond motifs is 1. The highest BCUT2D eigenvalue weighted by atomic mass is 35.5. The molecule has 0 bridgehead atoms. The molecular weight excluding hydrogens is 413 g/mol. The van der Waals surface area contributed by atoms with Gasteiger partial charge in [0.05, 0.1) is 10.5 Å². The molecule has 0 fully saturated rings. The lowest BCUT2D eigenvalue weighted by molar-refractivity contribution is -0.144. The molecule has 0 aliphatic rings. The van der Waals surface area contributed by atoms with Gasteiger partial charge in [-0.1, -0.05) is 11.6 Å². The molecule has 0 unspecified atom stereocenters. The number of rotatable bonds is 1. The fourth-order valence-electron chi connectivity index (χ4n) is 2.30. The van der Waals surface area contributed by atoms with Gasteiger partial charge in [0.2, 0.25) is 5.82 Å². The molecule has 0 aliphatic carbocycles. The van der Waals surface area contributed by atoms with E-state index in [0.29, 0.717) is 6.07 Å². The third-order valence-corrected chi connectivity index (χ3v) is 3.67. The van der Waals surface area contributed by atoms with Gasteiger partial charge in [-0.3, -0.25) is 4.79 Å². The maximum atomic E-state index is 14.3. The van der Waals surface area contributed by atoms with Gasteiger partial charge in [-0.2, -0.15) is 26.3 Å². The number of benzene rings is 1. The molecule has 2 aromatic heterocycles. The van der Waals surface area contributed by atoms with Crippen LogP contribution in [0.25, 0.3) is 16.7 Å². The molecule has 2 N–H and O–H groups in total. The lowest BCUT2D eigenvalue weighted by Gasteiger charge is -2.10. The number of H-pyrrole nitrogens is 2. The summed E-state index contributed by atoms with van der Waals surface area (Å²) in [6.45, 7) is 0. The molecule has 0 saturated heterocycles. The topological polar surface area (TPSA) is 83.5 Å². The molecule has 0 aliphatic heterocycles. The van der Waals surface area contributed by atoms with Crippen LogP contribution in [0.3, 0.4) is 0 Å². The first-order valence-corrected chi connectivity index (χ1v) is 7.07. The Morgan fingerprint density at radius 1 is 1.00 bits per heavy atom. The van der Waals surface area contributed by atoms with Gasteiger partial charge in [-0.25, -0.2) is 18.7 Å². The van der Waals surface area contributed by atoms with E-state index in [1.165, 1.54) is 4.98 Å². The van der Waals surface area contributed by atoms with E-state index in [-0.39, 0.29) is 10.6 Å². The van der Waals surface area contributed by atoms with Crippen molar-refractivity contribution in [2.75, 3.05) is 0 Å². The molecule has 144 valence electrons. The molecule has 0 atom stereocenters. The van der Waals surface area contributed by atoms with Crippen LogP contribution >= 0.6 is 11.6 Å². The largest absolute Gasteiger partial charge is 0.449 e. The average molecular weight is 417 g/mol. The van der Waals surface area contributed by atoms with Gasteiger partial charge in [-0.15, -0.1) is 0 Å². The fraction of sp³-hybridized carbons (Fsp3) is 0.154. The Morgan fingerprint density at radius 3 is 2.15 bits per heavy atom. The highest BCUT2D eigenvalue weighted by molar-refractivity contribution is 6.35. The summed E-state index contributed by atoms with van der Waals surface area (Å²) >= 11 is 5.64. The average Bonchev–Trinajstić information content (AvgIpc) is 2.94. The monoisotopic (exact) mass is 416 g/mol. The molecule has 2 heterocycles. The van der Waals surface area contributed by atoms with E-state index < -0.39 is 62.7 Å². The number of imidazole rings is 1. The van der Waals surface area contributed by atoms with Crippen LogP contribution in [0.2, 0.25) is 5.02 Å². The van der Waals surface area contributed by atoms with Gasteiger partial charge in [0, 0.05) is 6.07 Å². The van der Waals surface area contributed by atoms with E-state index in [1.54, 1.807) is 4.98 Å². The number of alkyl halides is 6. The summed E-state index contributed by atoms with van der Waals surface area (Å²) in [6.07, 6.45) is -10.1. The first kappa shape index (κ1) is 18.9. The third-order valence-electron chi connectivity index (χ3n) is 3.38. The maximum absolute atomic E-state index is 14.3. The van der Waals surface area contributed by atoms with Crippen molar-refractivity contribution < 1.29 is 30.7 Å². The lowest BCUT2D eigenvalue weighted by atomic mass is 10.2. The van der Waals surface area contributed by atoms with Crippen LogP contribution in [0.1, 0.15) is 11.5 Å². The number of aromatic nitrogens is 4. The van der Waals surface area contributed by atoms with Gasteiger partial charge in [0.25, 0.3) is 5.56 Å². The molecule has 0 radical (unpaired) electrons.